The maximum absolute atomic E-state index is 12.6. The van der Waals surface area contributed by atoms with E-state index in [2.05, 4.69) is 42.2 Å². The van der Waals surface area contributed by atoms with E-state index >= 15 is 0 Å². The van der Waals surface area contributed by atoms with Crippen LogP contribution in [0.5, 0.6) is 0 Å². The Labute approximate surface area is 176 Å². The number of hydrogen-bond donors (Lipinski definition) is 2. The van der Waals surface area contributed by atoms with Crippen LogP contribution in [0, 0.1) is 12.8 Å². The summed E-state index contributed by atoms with van der Waals surface area (Å²) in [7, 11) is 0. The highest BCUT2D eigenvalue weighted by molar-refractivity contribution is 7.98. The predicted molar refractivity (Wildman–Crippen MR) is 119 cm³/mol. The van der Waals surface area contributed by atoms with E-state index in [0.717, 1.165) is 11.3 Å². The van der Waals surface area contributed by atoms with E-state index in [1.807, 2.05) is 37.3 Å². The van der Waals surface area contributed by atoms with Crippen LogP contribution in [0.15, 0.2) is 54.6 Å². The van der Waals surface area contributed by atoms with Gasteiger partial charge in [0.1, 0.15) is 12.6 Å². The highest BCUT2D eigenvalue weighted by Crippen LogP contribution is 2.15. The number of rotatable bonds is 10. The Morgan fingerprint density at radius 3 is 2.39 bits per heavy atom. The van der Waals surface area contributed by atoms with Gasteiger partial charge in [-0.15, -0.1) is 0 Å². The lowest BCUT2D eigenvalue weighted by Gasteiger charge is -2.19. The number of thioether (sulfide) groups is 1. The molecule has 0 fully saturated rings. The minimum absolute atomic E-state index is 0.187. The maximum Gasteiger partial charge on any atom is 0.329 e. The SMILES string of the molecule is Cc1ccc(CSC[C@H](NC(=O)[C@H](C)CS)C(=O)OCc2ccccc2)cc1. The molecule has 0 spiro atoms. The van der Waals surface area contributed by atoms with Crippen LogP contribution in [0.3, 0.4) is 0 Å². The van der Waals surface area contributed by atoms with E-state index in [1.54, 1.807) is 18.7 Å². The van der Waals surface area contributed by atoms with Crippen LogP contribution in [-0.4, -0.2) is 29.4 Å². The molecule has 2 aromatic rings. The minimum atomic E-state index is -0.686. The molecule has 2 aromatic carbocycles. The molecule has 0 radical (unpaired) electrons. The Morgan fingerprint density at radius 1 is 1.07 bits per heavy atom. The highest BCUT2D eigenvalue weighted by Gasteiger charge is 2.24. The van der Waals surface area contributed by atoms with E-state index in [4.69, 9.17) is 4.74 Å². The van der Waals surface area contributed by atoms with Gasteiger partial charge in [0.15, 0.2) is 0 Å². The Balaban J connectivity index is 1.93. The van der Waals surface area contributed by atoms with Gasteiger partial charge in [-0.3, -0.25) is 4.79 Å². The van der Waals surface area contributed by atoms with Crippen LogP contribution in [0.2, 0.25) is 0 Å². The summed E-state index contributed by atoms with van der Waals surface area (Å²) in [6, 6.07) is 17.1. The Morgan fingerprint density at radius 2 is 1.75 bits per heavy atom. The number of ether oxygens (including phenoxy) is 1. The molecule has 0 aliphatic rings. The fourth-order valence-corrected chi connectivity index (χ4v) is 3.54. The number of benzene rings is 2. The molecule has 0 bridgehead atoms. The molecule has 0 saturated carbocycles. The second-order valence-electron chi connectivity index (χ2n) is 6.74. The summed E-state index contributed by atoms with van der Waals surface area (Å²) in [5, 5.41) is 2.82. The first-order valence-electron chi connectivity index (χ1n) is 9.24. The number of esters is 1. The van der Waals surface area contributed by atoms with Crippen molar-refractivity contribution in [2.75, 3.05) is 11.5 Å². The van der Waals surface area contributed by atoms with Crippen molar-refractivity contribution in [3.8, 4) is 0 Å². The number of aryl methyl sites for hydroxylation is 1. The highest BCUT2D eigenvalue weighted by atomic mass is 32.2. The third-order valence-electron chi connectivity index (χ3n) is 4.22. The second kappa shape index (κ2) is 11.8. The van der Waals surface area contributed by atoms with Gasteiger partial charge in [0.2, 0.25) is 5.91 Å². The van der Waals surface area contributed by atoms with Crippen LogP contribution in [-0.2, 0) is 26.7 Å². The predicted octanol–water partition coefficient (Wildman–Crippen LogP) is 4.02. The van der Waals surface area contributed by atoms with Gasteiger partial charge in [-0.25, -0.2) is 4.79 Å². The molecule has 28 heavy (non-hydrogen) atoms. The molecular weight excluding hydrogens is 390 g/mol. The van der Waals surface area contributed by atoms with Crippen molar-refractivity contribution < 1.29 is 14.3 Å². The van der Waals surface area contributed by atoms with Gasteiger partial charge in [-0.2, -0.15) is 24.4 Å². The fraction of sp³-hybridized carbons (Fsp3) is 0.364. The van der Waals surface area contributed by atoms with Crippen molar-refractivity contribution in [3.63, 3.8) is 0 Å². The van der Waals surface area contributed by atoms with Crippen molar-refractivity contribution in [3.05, 3.63) is 71.3 Å². The lowest BCUT2D eigenvalue weighted by molar-refractivity contribution is -0.148. The van der Waals surface area contributed by atoms with Crippen molar-refractivity contribution in [1.82, 2.24) is 5.32 Å². The van der Waals surface area contributed by atoms with E-state index in [0.29, 0.717) is 11.5 Å². The van der Waals surface area contributed by atoms with Crippen molar-refractivity contribution in [1.29, 1.82) is 0 Å². The Hall–Kier alpha value is -1.92. The zero-order valence-electron chi connectivity index (χ0n) is 16.3. The van der Waals surface area contributed by atoms with Crippen LogP contribution < -0.4 is 5.32 Å². The Bertz CT molecular complexity index is 750. The Kier molecular flexibility index (Phi) is 9.44. The molecule has 2 rings (SSSR count). The molecule has 6 heteroatoms. The van der Waals surface area contributed by atoms with Crippen LogP contribution in [0.1, 0.15) is 23.6 Å². The van der Waals surface area contributed by atoms with Gasteiger partial charge in [0.25, 0.3) is 0 Å². The van der Waals surface area contributed by atoms with Crippen LogP contribution >= 0.6 is 24.4 Å². The maximum atomic E-state index is 12.6. The third kappa shape index (κ3) is 7.60. The lowest BCUT2D eigenvalue weighted by Crippen LogP contribution is -2.45. The lowest BCUT2D eigenvalue weighted by atomic mass is 10.2. The first kappa shape index (κ1) is 22.4. The van der Waals surface area contributed by atoms with E-state index < -0.39 is 12.0 Å². The largest absolute Gasteiger partial charge is 0.459 e. The molecule has 1 amide bonds. The summed E-state index contributed by atoms with van der Waals surface area (Å²) in [5.74, 6) is 0.768. The van der Waals surface area contributed by atoms with Crippen molar-refractivity contribution in [2.45, 2.75) is 32.2 Å². The number of amides is 1. The molecule has 0 heterocycles. The number of carbonyl (C=O) groups is 2. The standard InChI is InChI=1S/C22H27NO3S2/c1-16-8-10-19(11-9-16)14-28-15-20(23-21(24)17(2)13-27)22(25)26-12-18-6-4-3-5-7-18/h3-11,17,20,27H,12-15H2,1-2H3,(H,23,24)/t17-,20+/m1/s1. The third-order valence-corrected chi connectivity index (χ3v) is 5.87. The number of carbonyl (C=O) groups excluding carboxylic acids is 2. The first-order chi connectivity index (χ1) is 13.5. The van der Waals surface area contributed by atoms with Crippen molar-refractivity contribution in [2.24, 2.45) is 5.92 Å². The molecule has 0 aliphatic carbocycles. The summed E-state index contributed by atoms with van der Waals surface area (Å²) in [6.45, 7) is 4.03. The van der Waals surface area contributed by atoms with Crippen LogP contribution in [0.4, 0.5) is 0 Å². The van der Waals surface area contributed by atoms with E-state index in [9.17, 15) is 9.59 Å². The molecule has 1 N–H and O–H groups in total. The molecule has 0 aliphatic heterocycles. The quantitative estimate of drug-likeness (QED) is 0.453. The van der Waals surface area contributed by atoms with Gasteiger partial charge in [0, 0.05) is 23.2 Å². The first-order valence-corrected chi connectivity index (χ1v) is 11.0. The average Bonchev–Trinajstić information content (AvgIpc) is 2.72. The van der Waals surface area contributed by atoms with Gasteiger partial charge in [-0.1, -0.05) is 67.1 Å². The smallest absolute Gasteiger partial charge is 0.329 e. The molecule has 150 valence electrons. The number of hydrogen-bond acceptors (Lipinski definition) is 5. The average molecular weight is 418 g/mol. The summed E-state index contributed by atoms with van der Waals surface area (Å²) in [6.07, 6.45) is 0. The zero-order valence-corrected chi connectivity index (χ0v) is 18.0. The summed E-state index contributed by atoms with van der Waals surface area (Å²) >= 11 is 5.76. The van der Waals surface area contributed by atoms with Crippen molar-refractivity contribution >= 4 is 36.3 Å². The monoisotopic (exact) mass is 417 g/mol. The van der Waals surface area contributed by atoms with Gasteiger partial charge in [0.05, 0.1) is 0 Å². The minimum Gasteiger partial charge on any atom is -0.459 e. The van der Waals surface area contributed by atoms with E-state index in [1.165, 1.54) is 11.1 Å². The second-order valence-corrected chi connectivity index (χ2v) is 8.13. The normalized spacial score (nSPS) is 12.8. The summed E-state index contributed by atoms with van der Waals surface area (Å²) < 4.78 is 5.44. The zero-order chi connectivity index (χ0) is 20.4. The molecule has 0 unspecified atom stereocenters. The van der Waals surface area contributed by atoms with Gasteiger partial charge < -0.3 is 10.1 Å². The van der Waals surface area contributed by atoms with Gasteiger partial charge in [-0.05, 0) is 18.1 Å². The number of thiol groups is 1. The fourth-order valence-electron chi connectivity index (χ4n) is 2.37. The summed E-state index contributed by atoms with van der Waals surface area (Å²) in [5.41, 5.74) is 3.31. The molecule has 2 atom stereocenters. The molecule has 0 aromatic heterocycles. The van der Waals surface area contributed by atoms with Crippen LogP contribution in [0.25, 0.3) is 0 Å². The van der Waals surface area contributed by atoms with Gasteiger partial charge >= 0.3 is 5.97 Å². The summed E-state index contributed by atoms with van der Waals surface area (Å²) in [4.78, 5) is 24.8. The number of nitrogens with one attached hydrogen (secondary N) is 1. The topological polar surface area (TPSA) is 55.4 Å². The molecule has 4 nitrogen and oxygen atoms in total. The molecular formula is C22H27NO3S2. The molecule has 0 saturated heterocycles. The van der Waals surface area contributed by atoms with E-state index in [-0.39, 0.29) is 18.4 Å².